The van der Waals surface area contributed by atoms with Gasteiger partial charge in [-0.1, -0.05) is 19.9 Å². The molecule has 0 aliphatic heterocycles. The Kier molecular flexibility index (Phi) is 3.12. The van der Waals surface area contributed by atoms with E-state index in [1.54, 1.807) is 4.68 Å². The van der Waals surface area contributed by atoms with E-state index in [0.717, 1.165) is 10.9 Å². The van der Waals surface area contributed by atoms with Gasteiger partial charge in [0.1, 0.15) is 0 Å². The van der Waals surface area contributed by atoms with Gasteiger partial charge in [-0.3, -0.25) is 4.68 Å². The Hall–Kier alpha value is -1.51. The maximum absolute atomic E-state index is 5.70. The summed E-state index contributed by atoms with van der Waals surface area (Å²) in [6.07, 6.45) is 0. The fraction of sp³-hybridized carbons (Fsp3) is 0.364. The van der Waals surface area contributed by atoms with Crippen LogP contribution in [-0.2, 0) is 7.05 Å². The number of benzene rings is 1. The van der Waals surface area contributed by atoms with Gasteiger partial charge in [-0.05, 0) is 24.6 Å². The van der Waals surface area contributed by atoms with Gasteiger partial charge in [0, 0.05) is 12.4 Å². The number of fused-ring (bicyclic) bond motifs is 1. The monoisotopic (exact) mass is 191 g/mol. The summed E-state index contributed by atoms with van der Waals surface area (Å²) >= 11 is 0. The predicted molar refractivity (Wildman–Crippen MR) is 61.2 cm³/mol. The van der Waals surface area contributed by atoms with E-state index in [2.05, 4.69) is 18.1 Å². The first-order chi connectivity index (χ1) is 6.68. The van der Waals surface area contributed by atoms with Crippen molar-refractivity contribution in [3.05, 3.63) is 23.8 Å². The van der Waals surface area contributed by atoms with E-state index in [9.17, 15) is 0 Å². The zero-order chi connectivity index (χ0) is 10.7. The third kappa shape index (κ3) is 1.71. The second-order valence-corrected chi connectivity index (χ2v) is 3.03. The van der Waals surface area contributed by atoms with Gasteiger partial charge in [0.25, 0.3) is 0 Å². The molecular formula is C11H17N3. The van der Waals surface area contributed by atoms with E-state index in [0.29, 0.717) is 5.82 Å². The molecule has 0 bridgehead atoms. The highest BCUT2D eigenvalue weighted by molar-refractivity contribution is 5.89. The minimum absolute atomic E-state index is 0.604. The van der Waals surface area contributed by atoms with Gasteiger partial charge in [-0.15, -0.1) is 0 Å². The lowest BCUT2D eigenvalue weighted by molar-refractivity contribution is 0.802. The number of hydrogen-bond acceptors (Lipinski definition) is 2. The molecule has 0 saturated carbocycles. The van der Waals surface area contributed by atoms with Crippen molar-refractivity contribution in [3.8, 4) is 0 Å². The fourth-order valence-electron chi connectivity index (χ4n) is 1.40. The first-order valence-electron chi connectivity index (χ1n) is 4.87. The van der Waals surface area contributed by atoms with Gasteiger partial charge >= 0.3 is 0 Å². The summed E-state index contributed by atoms with van der Waals surface area (Å²) < 4.78 is 1.80. The van der Waals surface area contributed by atoms with E-state index in [-0.39, 0.29) is 0 Å². The minimum atomic E-state index is 0.604. The smallest absolute Gasteiger partial charge is 0.153 e. The maximum Gasteiger partial charge on any atom is 0.153 e. The summed E-state index contributed by atoms with van der Waals surface area (Å²) in [7, 11) is 1.90. The van der Waals surface area contributed by atoms with Crippen molar-refractivity contribution in [2.24, 2.45) is 7.05 Å². The number of hydrogen-bond donors (Lipinski definition) is 1. The van der Waals surface area contributed by atoms with Crippen molar-refractivity contribution < 1.29 is 0 Å². The van der Waals surface area contributed by atoms with Gasteiger partial charge in [-0.25, -0.2) is 0 Å². The second-order valence-electron chi connectivity index (χ2n) is 3.03. The predicted octanol–water partition coefficient (Wildman–Crippen LogP) is 2.49. The zero-order valence-electron chi connectivity index (χ0n) is 9.20. The zero-order valence-corrected chi connectivity index (χ0v) is 9.20. The third-order valence-electron chi connectivity index (χ3n) is 2.04. The number of aromatic nitrogens is 2. The van der Waals surface area contributed by atoms with Gasteiger partial charge in [-0.2, -0.15) is 5.10 Å². The SMILES string of the molecule is CC.Cc1ccc2c(N)nn(C)c2c1. The highest BCUT2D eigenvalue weighted by Crippen LogP contribution is 2.20. The topological polar surface area (TPSA) is 43.8 Å². The Morgan fingerprint density at radius 2 is 1.93 bits per heavy atom. The van der Waals surface area contributed by atoms with E-state index in [4.69, 9.17) is 5.73 Å². The van der Waals surface area contributed by atoms with Crippen molar-refractivity contribution in [3.63, 3.8) is 0 Å². The largest absolute Gasteiger partial charge is 0.382 e. The Morgan fingerprint density at radius 3 is 2.57 bits per heavy atom. The highest BCUT2D eigenvalue weighted by Gasteiger charge is 2.03. The van der Waals surface area contributed by atoms with Crippen LogP contribution in [0.3, 0.4) is 0 Å². The Labute approximate surface area is 84.5 Å². The molecule has 1 aromatic heterocycles. The Bertz CT molecular complexity index is 429. The number of nitrogens with two attached hydrogens (primary N) is 1. The molecule has 0 aliphatic carbocycles. The second kappa shape index (κ2) is 4.13. The summed E-state index contributed by atoms with van der Waals surface area (Å²) in [4.78, 5) is 0. The molecule has 2 N–H and O–H groups in total. The van der Waals surface area contributed by atoms with Crippen LogP contribution in [-0.4, -0.2) is 9.78 Å². The van der Waals surface area contributed by atoms with Gasteiger partial charge < -0.3 is 5.73 Å². The first kappa shape index (κ1) is 10.6. The molecule has 0 atom stereocenters. The number of aryl methyl sites for hydroxylation is 2. The quantitative estimate of drug-likeness (QED) is 0.695. The van der Waals surface area contributed by atoms with Crippen LogP contribution in [0, 0.1) is 6.92 Å². The van der Waals surface area contributed by atoms with E-state index < -0.39 is 0 Å². The Morgan fingerprint density at radius 1 is 1.29 bits per heavy atom. The average molecular weight is 191 g/mol. The van der Waals surface area contributed by atoms with Crippen LogP contribution >= 0.6 is 0 Å². The minimum Gasteiger partial charge on any atom is -0.382 e. The summed E-state index contributed by atoms with van der Waals surface area (Å²) in [6, 6.07) is 6.13. The molecule has 3 heteroatoms. The van der Waals surface area contributed by atoms with Gasteiger partial charge in [0.2, 0.25) is 0 Å². The summed E-state index contributed by atoms with van der Waals surface area (Å²) in [5.41, 5.74) is 8.01. The molecule has 3 nitrogen and oxygen atoms in total. The normalized spacial score (nSPS) is 9.71. The lowest BCUT2D eigenvalue weighted by Gasteiger charge is -1.94. The number of nitrogen functional groups attached to an aromatic ring is 1. The number of rotatable bonds is 0. The molecule has 0 aliphatic rings. The molecule has 0 radical (unpaired) electrons. The standard InChI is InChI=1S/C9H11N3.C2H6/c1-6-3-4-7-8(5-6)12(2)11-9(7)10;1-2/h3-5H,1-2H3,(H2,10,11);1-2H3. The van der Waals surface area contributed by atoms with Crippen LogP contribution in [0.15, 0.2) is 18.2 Å². The summed E-state index contributed by atoms with van der Waals surface area (Å²) in [5, 5.41) is 5.16. The molecule has 2 rings (SSSR count). The molecule has 0 spiro atoms. The molecule has 0 amide bonds. The first-order valence-corrected chi connectivity index (χ1v) is 4.87. The Balaban J connectivity index is 0.000000461. The van der Waals surface area contributed by atoms with Crippen molar-refractivity contribution in [1.29, 1.82) is 0 Å². The molecule has 1 heterocycles. The van der Waals surface area contributed by atoms with E-state index in [1.807, 2.05) is 33.0 Å². The van der Waals surface area contributed by atoms with Crippen LogP contribution < -0.4 is 5.73 Å². The highest BCUT2D eigenvalue weighted by atomic mass is 15.3. The molecule has 0 unspecified atom stereocenters. The van der Waals surface area contributed by atoms with Crippen LogP contribution in [0.2, 0.25) is 0 Å². The lowest BCUT2D eigenvalue weighted by Crippen LogP contribution is -1.91. The lowest BCUT2D eigenvalue weighted by atomic mass is 10.2. The number of anilines is 1. The third-order valence-corrected chi connectivity index (χ3v) is 2.04. The molecule has 2 aromatic rings. The van der Waals surface area contributed by atoms with E-state index >= 15 is 0 Å². The van der Waals surface area contributed by atoms with Crippen molar-refractivity contribution >= 4 is 16.7 Å². The molecule has 14 heavy (non-hydrogen) atoms. The van der Waals surface area contributed by atoms with E-state index in [1.165, 1.54) is 5.56 Å². The van der Waals surface area contributed by atoms with Crippen molar-refractivity contribution in [1.82, 2.24) is 9.78 Å². The molecule has 76 valence electrons. The molecule has 0 saturated heterocycles. The summed E-state index contributed by atoms with van der Waals surface area (Å²) in [5.74, 6) is 0.604. The summed E-state index contributed by atoms with van der Waals surface area (Å²) in [6.45, 7) is 6.06. The molecular weight excluding hydrogens is 174 g/mol. The molecule has 0 fully saturated rings. The van der Waals surface area contributed by atoms with Gasteiger partial charge in [0.05, 0.1) is 5.52 Å². The number of nitrogens with zero attached hydrogens (tertiary/aromatic N) is 2. The van der Waals surface area contributed by atoms with Crippen LogP contribution in [0.4, 0.5) is 5.82 Å². The van der Waals surface area contributed by atoms with Gasteiger partial charge in [0.15, 0.2) is 5.82 Å². The van der Waals surface area contributed by atoms with Crippen molar-refractivity contribution in [2.75, 3.05) is 5.73 Å². The van der Waals surface area contributed by atoms with Crippen molar-refractivity contribution in [2.45, 2.75) is 20.8 Å². The maximum atomic E-state index is 5.70. The van der Waals surface area contributed by atoms with Crippen LogP contribution in [0.1, 0.15) is 19.4 Å². The van der Waals surface area contributed by atoms with Crippen LogP contribution in [0.5, 0.6) is 0 Å². The molecule has 1 aromatic carbocycles. The fourth-order valence-corrected chi connectivity index (χ4v) is 1.40. The van der Waals surface area contributed by atoms with Crippen LogP contribution in [0.25, 0.3) is 10.9 Å². The average Bonchev–Trinajstić information content (AvgIpc) is 2.46.